The Morgan fingerprint density at radius 3 is 2.62 bits per heavy atom. The van der Waals surface area contributed by atoms with Crippen LogP contribution >= 0.6 is 0 Å². The quantitative estimate of drug-likeness (QED) is 0.305. The Balaban J connectivity index is 3.62. The maximum atomic E-state index is 5.52. The van der Waals surface area contributed by atoms with Gasteiger partial charge < -0.3 is 9.47 Å². The van der Waals surface area contributed by atoms with Crippen molar-refractivity contribution in [3.63, 3.8) is 0 Å². The maximum absolute atomic E-state index is 5.52. The Morgan fingerprint density at radius 2 is 1.90 bits per heavy atom. The summed E-state index contributed by atoms with van der Waals surface area (Å²) in [4.78, 5) is 0. The van der Waals surface area contributed by atoms with Gasteiger partial charge in [0.25, 0.3) is 0 Å². The average Bonchev–Trinajstić information content (AvgIpc) is 2.51. The predicted octanol–water partition coefficient (Wildman–Crippen LogP) is 4.13. The highest BCUT2D eigenvalue weighted by Crippen LogP contribution is 2.04. The Morgan fingerprint density at radius 1 is 1.14 bits per heavy atom. The molecular formula is C19H28O2. The van der Waals surface area contributed by atoms with E-state index in [2.05, 4.69) is 43.4 Å². The molecular weight excluding hydrogens is 260 g/mol. The lowest BCUT2D eigenvalue weighted by Gasteiger charge is -2.07. The van der Waals surface area contributed by atoms with Crippen molar-refractivity contribution in [2.24, 2.45) is 0 Å². The van der Waals surface area contributed by atoms with E-state index >= 15 is 0 Å². The Kier molecular flexibility index (Phi) is 15.4. The molecule has 0 N–H and O–H groups in total. The third-order valence-corrected chi connectivity index (χ3v) is 2.81. The zero-order valence-electron chi connectivity index (χ0n) is 13.3. The highest BCUT2D eigenvalue weighted by molar-refractivity contribution is 5.02. The summed E-state index contributed by atoms with van der Waals surface area (Å²) in [6.45, 7) is 7.05. The van der Waals surface area contributed by atoms with Crippen LogP contribution in [-0.4, -0.2) is 25.9 Å². The molecule has 0 aromatic rings. The molecule has 0 heterocycles. The van der Waals surface area contributed by atoms with Crippen LogP contribution in [0.1, 0.15) is 45.4 Å². The number of rotatable bonds is 12. The van der Waals surface area contributed by atoms with Crippen LogP contribution in [0, 0.1) is 24.2 Å². The fourth-order valence-electron chi connectivity index (χ4n) is 1.65. The van der Waals surface area contributed by atoms with E-state index in [0.717, 1.165) is 19.3 Å². The molecule has 0 fully saturated rings. The van der Waals surface area contributed by atoms with Crippen molar-refractivity contribution in [2.45, 2.75) is 51.6 Å². The van der Waals surface area contributed by atoms with Crippen molar-refractivity contribution in [3.05, 3.63) is 24.8 Å². The molecule has 0 radical (unpaired) electrons. The van der Waals surface area contributed by atoms with Crippen LogP contribution in [0.3, 0.4) is 0 Å². The van der Waals surface area contributed by atoms with Gasteiger partial charge in [-0.2, -0.15) is 0 Å². The minimum absolute atomic E-state index is 0.159. The van der Waals surface area contributed by atoms with Gasteiger partial charge in [0.2, 0.25) is 0 Å². The summed E-state index contributed by atoms with van der Waals surface area (Å²) in [5.41, 5.74) is 0. The zero-order valence-corrected chi connectivity index (χ0v) is 13.3. The summed E-state index contributed by atoms with van der Waals surface area (Å²) in [5, 5.41) is 0. The number of hydrogen-bond acceptors (Lipinski definition) is 2. The van der Waals surface area contributed by atoms with E-state index in [0.29, 0.717) is 19.8 Å². The molecule has 0 bridgehead atoms. The van der Waals surface area contributed by atoms with Crippen LogP contribution in [0.25, 0.3) is 0 Å². The first kappa shape index (κ1) is 19.5. The first-order chi connectivity index (χ1) is 10.3. The van der Waals surface area contributed by atoms with Gasteiger partial charge in [0.15, 0.2) is 0 Å². The average molecular weight is 288 g/mol. The summed E-state index contributed by atoms with van der Waals surface area (Å²) in [5.74, 6) is 8.41. The molecule has 0 aliphatic carbocycles. The van der Waals surface area contributed by atoms with Gasteiger partial charge in [0, 0.05) is 0 Å². The lowest BCUT2D eigenvalue weighted by Crippen LogP contribution is -2.10. The Bertz CT molecular complexity index is 365. The van der Waals surface area contributed by atoms with Crippen molar-refractivity contribution in [1.82, 2.24) is 0 Å². The first-order valence-corrected chi connectivity index (χ1v) is 7.72. The van der Waals surface area contributed by atoms with E-state index in [1.54, 1.807) is 6.08 Å². The molecule has 0 aliphatic heterocycles. The molecule has 0 rings (SSSR count). The largest absolute Gasteiger partial charge is 0.365 e. The van der Waals surface area contributed by atoms with Gasteiger partial charge in [-0.1, -0.05) is 55.8 Å². The molecule has 0 saturated heterocycles. The van der Waals surface area contributed by atoms with Gasteiger partial charge in [-0.3, -0.25) is 0 Å². The summed E-state index contributed by atoms with van der Waals surface area (Å²) in [7, 11) is 0. The van der Waals surface area contributed by atoms with Gasteiger partial charge >= 0.3 is 0 Å². The molecule has 21 heavy (non-hydrogen) atoms. The number of unbranched alkanes of at least 4 members (excludes halogenated alkanes) is 3. The molecule has 1 atom stereocenters. The van der Waals surface area contributed by atoms with E-state index < -0.39 is 0 Å². The van der Waals surface area contributed by atoms with E-state index in [9.17, 15) is 0 Å². The van der Waals surface area contributed by atoms with Crippen LogP contribution in [0.15, 0.2) is 24.8 Å². The van der Waals surface area contributed by atoms with Crippen molar-refractivity contribution in [3.8, 4) is 24.2 Å². The monoisotopic (exact) mass is 288 g/mol. The second-order valence-electron chi connectivity index (χ2n) is 4.67. The smallest absolute Gasteiger partial charge is 0.119 e. The van der Waals surface area contributed by atoms with Crippen LogP contribution in [0.5, 0.6) is 0 Å². The van der Waals surface area contributed by atoms with Crippen LogP contribution in [0.4, 0.5) is 0 Å². The number of ether oxygens (including phenoxy) is 2. The third kappa shape index (κ3) is 14.7. The minimum atomic E-state index is -0.159. The summed E-state index contributed by atoms with van der Waals surface area (Å²) in [6, 6.07) is 0. The van der Waals surface area contributed by atoms with E-state index in [4.69, 9.17) is 15.9 Å². The predicted molar refractivity (Wildman–Crippen MR) is 89.9 cm³/mol. The normalized spacial score (nSPS) is 11.6. The minimum Gasteiger partial charge on any atom is -0.365 e. The number of hydrogen-bond donors (Lipinski definition) is 0. The summed E-state index contributed by atoms with van der Waals surface area (Å²) in [6.07, 6.45) is 18.2. The summed E-state index contributed by atoms with van der Waals surface area (Å²) < 4.78 is 10.7. The van der Waals surface area contributed by atoms with Gasteiger partial charge in [-0.25, -0.2) is 0 Å². The fraction of sp³-hybridized carbons (Fsp3) is 0.579. The molecule has 2 heteroatoms. The molecule has 0 aliphatic rings. The first-order valence-electron chi connectivity index (χ1n) is 7.72. The summed E-state index contributed by atoms with van der Waals surface area (Å²) >= 11 is 0. The van der Waals surface area contributed by atoms with Crippen molar-refractivity contribution in [2.75, 3.05) is 19.8 Å². The molecule has 2 nitrogen and oxygen atoms in total. The van der Waals surface area contributed by atoms with Crippen LogP contribution in [-0.2, 0) is 9.47 Å². The highest BCUT2D eigenvalue weighted by Gasteiger charge is 2.01. The second-order valence-corrected chi connectivity index (χ2v) is 4.67. The lowest BCUT2D eigenvalue weighted by molar-refractivity contribution is 0.114. The molecule has 1 unspecified atom stereocenters. The molecule has 116 valence electrons. The number of terminal acetylenes is 1. The second kappa shape index (κ2) is 16.6. The van der Waals surface area contributed by atoms with Crippen molar-refractivity contribution in [1.29, 1.82) is 0 Å². The lowest BCUT2D eigenvalue weighted by atomic mass is 10.1. The van der Waals surface area contributed by atoms with E-state index in [1.165, 1.54) is 19.3 Å². The van der Waals surface area contributed by atoms with Gasteiger partial charge in [0.05, 0.1) is 6.61 Å². The Labute approximate surface area is 130 Å². The molecule has 0 aromatic heterocycles. The topological polar surface area (TPSA) is 18.5 Å². The standard InChI is InChI=1S/C19H28O2/c1-4-7-8-9-10-11-12-15-19(6-3)21-18-14-13-17-20-16-5-2/h3,5,10-11,19H,2,4,7-9,12,15-18H2,1H3/b11-10+. The van der Waals surface area contributed by atoms with Crippen LogP contribution in [0.2, 0.25) is 0 Å². The van der Waals surface area contributed by atoms with E-state index in [-0.39, 0.29) is 6.10 Å². The third-order valence-electron chi connectivity index (χ3n) is 2.81. The van der Waals surface area contributed by atoms with E-state index in [1.807, 2.05) is 0 Å². The van der Waals surface area contributed by atoms with Gasteiger partial charge in [-0.05, 0) is 25.7 Å². The van der Waals surface area contributed by atoms with Gasteiger partial charge in [0.1, 0.15) is 19.3 Å². The van der Waals surface area contributed by atoms with Crippen molar-refractivity contribution < 1.29 is 9.47 Å². The molecule has 0 amide bonds. The molecule has 0 spiro atoms. The van der Waals surface area contributed by atoms with Gasteiger partial charge in [-0.15, -0.1) is 13.0 Å². The molecule has 0 aromatic carbocycles. The SMILES string of the molecule is C#CC(CC/C=C/CCCCC)OCC#CCOCC=C. The fourth-order valence-corrected chi connectivity index (χ4v) is 1.65. The molecule has 0 saturated carbocycles. The van der Waals surface area contributed by atoms with Crippen molar-refractivity contribution >= 4 is 0 Å². The zero-order chi connectivity index (χ0) is 15.6. The highest BCUT2D eigenvalue weighted by atomic mass is 16.5. The number of allylic oxidation sites excluding steroid dienone is 2. The maximum Gasteiger partial charge on any atom is 0.119 e. The van der Waals surface area contributed by atoms with Crippen LogP contribution < -0.4 is 0 Å². The Hall–Kier alpha value is -1.48.